The van der Waals surface area contributed by atoms with Crippen molar-refractivity contribution in [3.63, 3.8) is 0 Å². The lowest BCUT2D eigenvalue weighted by Crippen LogP contribution is -2.27. The van der Waals surface area contributed by atoms with Gasteiger partial charge < -0.3 is 15.0 Å². The normalized spacial score (nSPS) is 10.8. The maximum atomic E-state index is 14.3. The highest BCUT2D eigenvalue weighted by Gasteiger charge is 2.15. The molecule has 0 aliphatic rings. The second-order valence-electron chi connectivity index (χ2n) is 7.59. The first kappa shape index (κ1) is 22.0. The molecule has 0 fully saturated rings. The highest BCUT2D eigenvalue weighted by Crippen LogP contribution is 2.30. The summed E-state index contributed by atoms with van der Waals surface area (Å²) in [6.45, 7) is 2.09. The largest absolute Gasteiger partial charge is 0.496 e. The molecule has 0 saturated carbocycles. The molecule has 4 rings (SSSR count). The number of anilines is 2. The number of ether oxygens (including phenoxy) is 1. The van der Waals surface area contributed by atoms with Crippen molar-refractivity contribution in [3.05, 3.63) is 65.9 Å². The van der Waals surface area contributed by atoms with Gasteiger partial charge in [-0.2, -0.15) is 0 Å². The molecule has 10 heteroatoms. The Morgan fingerprint density at radius 1 is 1.15 bits per heavy atom. The van der Waals surface area contributed by atoms with Crippen LogP contribution < -0.4 is 15.4 Å². The molecular weight excluding hydrogens is 425 g/mol. The Bertz CT molecular complexity index is 1320. The second-order valence-corrected chi connectivity index (χ2v) is 7.59. The zero-order valence-electron chi connectivity index (χ0n) is 18.8. The molecule has 33 heavy (non-hydrogen) atoms. The van der Waals surface area contributed by atoms with Crippen LogP contribution in [-0.2, 0) is 6.54 Å². The number of aromatic nitrogens is 4. The fourth-order valence-electron chi connectivity index (χ4n) is 3.48. The van der Waals surface area contributed by atoms with Gasteiger partial charge in [-0.05, 0) is 43.3 Å². The van der Waals surface area contributed by atoms with E-state index < -0.39 is 0 Å². The van der Waals surface area contributed by atoms with E-state index >= 15 is 0 Å². The van der Waals surface area contributed by atoms with Gasteiger partial charge in [0.1, 0.15) is 29.5 Å². The first-order chi connectivity index (χ1) is 15.9. The molecule has 2 N–H and O–H groups in total. The number of pyridine rings is 2. The Labute approximate surface area is 190 Å². The number of methoxy groups -OCH3 is 1. The van der Waals surface area contributed by atoms with Gasteiger partial charge in [0, 0.05) is 43.0 Å². The zero-order chi connectivity index (χ0) is 23.5. The highest BCUT2D eigenvalue weighted by atomic mass is 19.1. The molecule has 3 heterocycles. The number of carbonyl (C=O) groups is 1. The minimum absolute atomic E-state index is 0.226. The molecule has 0 atom stereocenters. The van der Waals surface area contributed by atoms with Gasteiger partial charge in [-0.1, -0.05) is 6.07 Å². The molecular formula is C23H24FN7O2. The maximum absolute atomic E-state index is 14.3. The number of rotatable bonds is 6. The second kappa shape index (κ2) is 9.11. The van der Waals surface area contributed by atoms with Crippen molar-refractivity contribution in [2.24, 2.45) is 0 Å². The van der Waals surface area contributed by atoms with E-state index in [1.54, 1.807) is 43.0 Å². The lowest BCUT2D eigenvalue weighted by molar-refractivity contribution is 0.230. The molecule has 0 unspecified atom stereocenters. The third-order valence-corrected chi connectivity index (χ3v) is 5.22. The maximum Gasteiger partial charge on any atom is 0.322 e. The van der Waals surface area contributed by atoms with Crippen molar-refractivity contribution in [3.8, 4) is 16.9 Å². The van der Waals surface area contributed by atoms with E-state index in [2.05, 4.69) is 25.8 Å². The van der Waals surface area contributed by atoms with Gasteiger partial charge in [-0.3, -0.25) is 9.72 Å². The van der Waals surface area contributed by atoms with E-state index in [0.717, 1.165) is 16.8 Å². The van der Waals surface area contributed by atoms with Crippen molar-refractivity contribution in [2.45, 2.75) is 13.5 Å². The molecule has 4 aromatic rings. The van der Waals surface area contributed by atoms with Gasteiger partial charge >= 0.3 is 6.03 Å². The number of benzene rings is 1. The molecule has 0 saturated heterocycles. The third-order valence-electron chi connectivity index (χ3n) is 5.22. The Morgan fingerprint density at radius 3 is 2.67 bits per heavy atom. The Morgan fingerprint density at radius 2 is 1.94 bits per heavy atom. The van der Waals surface area contributed by atoms with Crippen LogP contribution in [0.25, 0.3) is 16.8 Å². The predicted octanol–water partition coefficient (Wildman–Crippen LogP) is 3.95. The summed E-state index contributed by atoms with van der Waals surface area (Å²) in [5, 5.41) is 14.3. The van der Waals surface area contributed by atoms with Crippen molar-refractivity contribution >= 4 is 23.3 Å². The fraction of sp³-hybridized carbons (Fsp3) is 0.217. The molecule has 1 aromatic carbocycles. The number of hydrogen-bond donors (Lipinski definition) is 2. The van der Waals surface area contributed by atoms with Gasteiger partial charge in [-0.25, -0.2) is 14.2 Å². The number of hydrogen-bond acceptors (Lipinski definition) is 6. The third kappa shape index (κ3) is 4.40. The minimum Gasteiger partial charge on any atom is -0.496 e. The van der Waals surface area contributed by atoms with Crippen molar-refractivity contribution in [2.75, 3.05) is 31.8 Å². The van der Waals surface area contributed by atoms with E-state index in [4.69, 9.17) is 4.74 Å². The summed E-state index contributed by atoms with van der Waals surface area (Å²) < 4.78 is 21.4. The zero-order valence-corrected chi connectivity index (χ0v) is 18.8. The number of urea groups is 1. The number of fused-ring (bicyclic) bond motifs is 1. The van der Waals surface area contributed by atoms with Gasteiger partial charge in [0.05, 0.1) is 7.11 Å². The van der Waals surface area contributed by atoms with E-state index in [1.807, 2.05) is 25.1 Å². The standard InChI is InChI=1S/C23H24FN7O2/c1-14-15(8-10-20(27-14)28-23(32)30(2)3)16-9-11-21(31-13-26-29-22(16)31)25-12-17-18(24)6-5-7-19(17)33-4/h5-11,13,25H,12H2,1-4H3,(H,27,28,32). The van der Waals surface area contributed by atoms with Crippen molar-refractivity contribution < 1.29 is 13.9 Å². The van der Waals surface area contributed by atoms with Crippen LogP contribution >= 0.6 is 0 Å². The number of nitrogens with zero attached hydrogens (tertiary/aromatic N) is 5. The first-order valence-corrected chi connectivity index (χ1v) is 10.2. The van der Waals surface area contributed by atoms with Gasteiger partial charge in [0.15, 0.2) is 5.65 Å². The van der Waals surface area contributed by atoms with Crippen LogP contribution in [0.5, 0.6) is 5.75 Å². The fourth-order valence-corrected chi connectivity index (χ4v) is 3.48. The van der Waals surface area contributed by atoms with E-state index in [-0.39, 0.29) is 18.4 Å². The number of carbonyl (C=O) groups excluding carboxylic acids is 1. The molecule has 3 aromatic heterocycles. The Balaban J connectivity index is 1.63. The summed E-state index contributed by atoms with van der Waals surface area (Å²) in [5.74, 6) is 1.29. The average molecular weight is 449 g/mol. The van der Waals surface area contributed by atoms with Crippen LogP contribution in [0.3, 0.4) is 0 Å². The van der Waals surface area contributed by atoms with Crippen LogP contribution in [0.4, 0.5) is 20.8 Å². The molecule has 0 aliphatic carbocycles. The molecule has 0 radical (unpaired) electrons. The quantitative estimate of drug-likeness (QED) is 0.463. The van der Waals surface area contributed by atoms with E-state index in [1.165, 1.54) is 18.1 Å². The summed E-state index contributed by atoms with van der Waals surface area (Å²) in [6, 6.07) is 11.9. The monoisotopic (exact) mass is 449 g/mol. The Hall–Kier alpha value is -4.21. The van der Waals surface area contributed by atoms with Gasteiger partial charge in [-0.15, -0.1) is 10.2 Å². The van der Waals surface area contributed by atoms with Crippen molar-refractivity contribution in [1.82, 2.24) is 24.5 Å². The van der Waals surface area contributed by atoms with Gasteiger partial charge in [0.25, 0.3) is 0 Å². The van der Waals surface area contributed by atoms with Crippen LogP contribution in [0.2, 0.25) is 0 Å². The highest BCUT2D eigenvalue weighted by molar-refractivity contribution is 5.88. The number of halogens is 1. The first-order valence-electron chi connectivity index (χ1n) is 10.2. The summed E-state index contributed by atoms with van der Waals surface area (Å²) in [7, 11) is 4.84. The molecule has 9 nitrogen and oxygen atoms in total. The van der Waals surface area contributed by atoms with Crippen LogP contribution in [0.15, 0.2) is 48.8 Å². The smallest absolute Gasteiger partial charge is 0.322 e. The summed E-state index contributed by atoms with van der Waals surface area (Å²) >= 11 is 0. The lowest BCUT2D eigenvalue weighted by atomic mass is 10.1. The van der Waals surface area contributed by atoms with Crippen LogP contribution in [-0.4, -0.2) is 51.7 Å². The average Bonchev–Trinajstić information content (AvgIpc) is 3.28. The SMILES string of the molecule is COc1cccc(F)c1CNc1ccc(-c2ccc(NC(=O)N(C)C)nc2C)c2nncn12. The molecule has 2 amide bonds. The van der Waals surface area contributed by atoms with Gasteiger partial charge in [0.2, 0.25) is 0 Å². The van der Waals surface area contributed by atoms with E-state index in [0.29, 0.717) is 28.6 Å². The molecule has 0 spiro atoms. The minimum atomic E-state index is -0.346. The topological polar surface area (TPSA) is 96.7 Å². The van der Waals surface area contributed by atoms with Crippen LogP contribution in [0, 0.1) is 12.7 Å². The lowest BCUT2D eigenvalue weighted by Gasteiger charge is -2.15. The Kier molecular flexibility index (Phi) is 6.07. The summed E-state index contributed by atoms with van der Waals surface area (Å²) in [4.78, 5) is 17.8. The summed E-state index contributed by atoms with van der Waals surface area (Å²) in [5.41, 5.74) is 3.47. The van der Waals surface area contributed by atoms with Crippen LogP contribution in [0.1, 0.15) is 11.3 Å². The molecule has 170 valence electrons. The summed E-state index contributed by atoms with van der Waals surface area (Å²) in [6.07, 6.45) is 1.59. The number of amides is 2. The predicted molar refractivity (Wildman–Crippen MR) is 124 cm³/mol. The molecule has 0 bridgehead atoms. The number of nitrogens with one attached hydrogen (secondary N) is 2. The number of aryl methyl sites for hydroxylation is 1. The van der Waals surface area contributed by atoms with E-state index in [9.17, 15) is 9.18 Å². The van der Waals surface area contributed by atoms with Crippen molar-refractivity contribution in [1.29, 1.82) is 0 Å². The molecule has 0 aliphatic heterocycles.